The van der Waals surface area contributed by atoms with Crippen molar-refractivity contribution in [3.05, 3.63) is 11.6 Å². The van der Waals surface area contributed by atoms with E-state index >= 15 is 0 Å². The van der Waals surface area contributed by atoms with Crippen LogP contribution in [-0.2, 0) is 9.59 Å². The molecule has 0 spiro atoms. The van der Waals surface area contributed by atoms with Gasteiger partial charge in [0, 0.05) is 23.3 Å². The van der Waals surface area contributed by atoms with Gasteiger partial charge >= 0.3 is 0 Å². The molecule has 4 fully saturated rings. The summed E-state index contributed by atoms with van der Waals surface area (Å²) in [5.41, 5.74) is 7.92. The summed E-state index contributed by atoms with van der Waals surface area (Å²) in [6.45, 7) is 18.7. The number of ketones is 2. The molecule has 0 aromatic heterocycles. The van der Waals surface area contributed by atoms with Crippen LogP contribution in [0.3, 0.4) is 0 Å². The molecule has 3 heteroatoms. The van der Waals surface area contributed by atoms with Gasteiger partial charge in [0.1, 0.15) is 5.78 Å². The number of Topliss-reactive ketones (excluding diaryl/α,β-unsaturated/α-hetero) is 1. The zero-order valence-electron chi connectivity index (χ0n) is 22.5. The average Bonchev–Trinajstić information content (AvgIpc) is 2.68. The van der Waals surface area contributed by atoms with Crippen molar-refractivity contribution < 1.29 is 9.59 Å². The Labute approximate surface area is 201 Å². The van der Waals surface area contributed by atoms with E-state index in [4.69, 9.17) is 5.73 Å². The minimum absolute atomic E-state index is 0.0147. The summed E-state index contributed by atoms with van der Waals surface area (Å²) in [7, 11) is 0. The number of carbonyl (C=O) groups is 2. The lowest BCUT2D eigenvalue weighted by molar-refractivity contribution is -0.186. The number of nitrogens with two attached hydrogens (primary N) is 1. The number of hydrogen-bond donors (Lipinski definition) is 1. The molecule has 0 radical (unpaired) electrons. The molecule has 0 bridgehead atoms. The molecule has 0 heterocycles. The molecule has 5 aliphatic rings. The van der Waals surface area contributed by atoms with Crippen LogP contribution in [0.15, 0.2) is 11.6 Å². The summed E-state index contributed by atoms with van der Waals surface area (Å²) in [5.74, 6) is 1.04. The first kappa shape index (κ1) is 23.8. The summed E-state index contributed by atoms with van der Waals surface area (Å²) in [4.78, 5) is 27.2. The lowest BCUT2D eigenvalue weighted by Crippen LogP contribution is -2.72. The molecule has 33 heavy (non-hydrogen) atoms. The first-order valence-corrected chi connectivity index (χ1v) is 13.6. The van der Waals surface area contributed by atoms with Gasteiger partial charge in [0.15, 0.2) is 5.78 Å². The molecule has 2 N–H and O–H groups in total. The largest absolute Gasteiger partial charge is 0.325 e. The van der Waals surface area contributed by atoms with E-state index in [0.717, 1.165) is 51.4 Å². The van der Waals surface area contributed by atoms with E-state index in [1.54, 1.807) is 0 Å². The first-order valence-electron chi connectivity index (χ1n) is 13.6. The first-order chi connectivity index (χ1) is 15.0. The lowest BCUT2D eigenvalue weighted by Gasteiger charge is -2.72. The van der Waals surface area contributed by atoms with Crippen LogP contribution in [0, 0.1) is 44.3 Å². The number of allylic oxidation sites excluding steroid dienone is 2. The molecule has 0 amide bonds. The number of rotatable bonds is 0. The van der Waals surface area contributed by atoms with Gasteiger partial charge in [-0.25, -0.2) is 0 Å². The molecule has 3 nitrogen and oxygen atoms in total. The summed E-state index contributed by atoms with van der Waals surface area (Å²) in [6.07, 6.45) is 11.0. The van der Waals surface area contributed by atoms with E-state index in [1.165, 1.54) is 5.57 Å². The zero-order chi connectivity index (χ0) is 24.5. The minimum Gasteiger partial charge on any atom is -0.325 e. The van der Waals surface area contributed by atoms with Crippen LogP contribution in [0.2, 0.25) is 0 Å². The summed E-state index contributed by atoms with van der Waals surface area (Å²) in [6, 6.07) is 0. The van der Waals surface area contributed by atoms with Crippen LogP contribution in [0.25, 0.3) is 0 Å². The van der Waals surface area contributed by atoms with Crippen molar-refractivity contribution in [3.63, 3.8) is 0 Å². The third-order valence-electron chi connectivity index (χ3n) is 12.8. The van der Waals surface area contributed by atoms with Crippen LogP contribution in [-0.4, -0.2) is 17.1 Å². The molecule has 7 atom stereocenters. The van der Waals surface area contributed by atoms with Gasteiger partial charge in [-0.05, 0) is 90.4 Å². The zero-order valence-corrected chi connectivity index (χ0v) is 22.5. The van der Waals surface area contributed by atoms with E-state index in [0.29, 0.717) is 23.9 Å². The van der Waals surface area contributed by atoms with Gasteiger partial charge in [0.2, 0.25) is 0 Å². The molecule has 0 saturated heterocycles. The maximum atomic E-state index is 14.3. The monoisotopic (exact) mass is 453 g/mol. The molecule has 4 saturated carbocycles. The molecule has 0 aromatic carbocycles. The van der Waals surface area contributed by atoms with E-state index in [2.05, 4.69) is 61.5 Å². The minimum atomic E-state index is -0.311. The van der Waals surface area contributed by atoms with Gasteiger partial charge in [-0.3, -0.25) is 9.59 Å². The Hall–Kier alpha value is -0.960. The van der Waals surface area contributed by atoms with Crippen molar-refractivity contribution in [1.29, 1.82) is 0 Å². The fourth-order valence-electron chi connectivity index (χ4n) is 10.7. The molecule has 5 rings (SSSR count). The van der Waals surface area contributed by atoms with Crippen molar-refractivity contribution in [2.75, 3.05) is 0 Å². The number of fused-ring (bicyclic) bond motifs is 7. The predicted molar refractivity (Wildman–Crippen MR) is 134 cm³/mol. The van der Waals surface area contributed by atoms with Crippen LogP contribution in [0.4, 0.5) is 0 Å². The number of hydrogen-bond acceptors (Lipinski definition) is 3. The highest BCUT2D eigenvalue weighted by Crippen LogP contribution is 2.75. The lowest BCUT2D eigenvalue weighted by atomic mass is 9.32. The van der Waals surface area contributed by atoms with Crippen molar-refractivity contribution in [2.24, 2.45) is 50.1 Å². The molecule has 0 aliphatic heterocycles. The predicted octanol–water partition coefficient (Wildman–Crippen LogP) is 6.64. The van der Waals surface area contributed by atoms with Gasteiger partial charge in [-0.2, -0.15) is 0 Å². The summed E-state index contributed by atoms with van der Waals surface area (Å²) >= 11 is 0. The average molecular weight is 454 g/mol. The molecule has 0 aromatic rings. The fourth-order valence-corrected chi connectivity index (χ4v) is 10.7. The second-order valence-corrected chi connectivity index (χ2v) is 15.2. The standard InChI is InChI=1S/C30H47NO2/c1-24(2)13-15-30(31)16-14-28(7)23(29(30,8)18-24)19(32)17-21-26(5)11-10-22(33)25(3,4)20(26)9-12-27(21,28)6/h17,20,23H,9-16,18,31H2,1-8H3/t20?,23-,26-,27+,28+,29-,30-/m0/s1. The Kier molecular flexibility index (Phi) is 4.63. The highest BCUT2D eigenvalue weighted by atomic mass is 16.1. The Balaban J connectivity index is 1.67. The Morgan fingerprint density at radius 2 is 1.45 bits per heavy atom. The Morgan fingerprint density at radius 3 is 2.12 bits per heavy atom. The van der Waals surface area contributed by atoms with Gasteiger partial charge < -0.3 is 5.73 Å². The van der Waals surface area contributed by atoms with Gasteiger partial charge in [0.25, 0.3) is 0 Å². The van der Waals surface area contributed by atoms with Crippen LogP contribution < -0.4 is 5.73 Å². The summed E-state index contributed by atoms with van der Waals surface area (Å²) in [5, 5.41) is 0. The SMILES string of the molecule is CC1(C)CC[C@]2(N)CC[C@]3(C)[C@H](C(=O)C=C4[C@@]5(C)CCC(=O)C(C)(C)C5CC[C@]43C)[C@]2(C)C1. The highest BCUT2D eigenvalue weighted by molar-refractivity contribution is 5.96. The Morgan fingerprint density at radius 1 is 0.818 bits per heavy atom. The van der Waals surface area contributed by atoms with E-state index in [1.807, 2.05) is 0 Å². The molecule has 184 valence electrons. The van der Waals surface area contributed by atoms with Crippen molar-refractivity contribution in [3.8, 4) is 0 Å². The fraction of sp³-hybridized carbons (Fsp3) is 0.867. The maximum Gasteiger partial charge on any atom is 0.159 e. The molecular formula is C30H47NO2. The van der Waals surface area contributed by atoms with Crippen LogP contribution in [0.1, 0.15) is 113 Å². The van der Waals surface area contributed by atoms with Crippen molar-refractivity contribution in [1.82, 2.24) is 0 Å². The van der Waals surface area contributed by atoms with Gasteiger partial charge in [0.05, 0.1) is 0 Å². The van der Waals surface area contributed by atoms with Crippen LogP contribution in [0.5, 0.6) is 0 Å². The normalized spacial score (nSPS) is 52.7. The quantitative estimate of drug-likeness (QED) is 0.447. The maximum absolute atomic E-state index is 14.3. The van der Waals surface area contributed by atoms with Crippen molar-refractivity contribution in [2.45, 2.75) is 119 Å². The van der Waals surface area contributed by atoms with E-state index in [9.17, 15) is 9.59 Å². The van der Waals surface area contributed by atoms with Crippen molar-refractivity contribution >= 4 is 11.6 Å². The molecule has 1 unspecified atom stereocenters. The topological polar surface area (TPSA) is 60.2 Å². The van der Waals surface area contributed by atoms with Gasteiger partial charge in [-0.15, -0.1) is 0 Å². The highest BCUT2D eigenvalue weighted by Gasteiger charge is 2.72. The third kappa shape index (κ3) is 2.67. The van der Waals surface area contributed by atoms with Gasteiger partial charge in [-0.1, -0.05) is 61.0 Å². The summed E-state index contributed by atoms with van der Waals surface area (Å²) < 4.78 is 0. The molecule has 5 aliphatic carbocycles. The number of carbonyl (C=O) groups excluding carboxylic acids is 2. The van der Waals surface area contributed by atoms with Crippen LogP contribution >= 0.6 is 0 Å². The smallest absolute Gasteiger partial charge is 0.159 e. The third-order valence-corrected chi connectivity index (χ3v) is 12.8. The second kappa shape index (κ2) is 6.42. The van der Waals surface area contributed by atoms with E-state index in [-0.39, 0.29) is 43.9 Å². The molecular weight excluding hydrogens is 406 g/mol. The Bertz CT molecular complexity index is 960. The van der Waals surface area contributed by atoms with E-state index < -0.39 is 0 Å². The second-order valence-electron chi connectivity index (χ2n) is 15.2.